The molecule has 1 aromatic carbocycles. The van der Waals surface area contributed by atoms with Gasteiger partial charge in [-0.25, -0.2) is 4.79 Å². The predicted molar refractivity (Wildman–Crippen MR) is 75.6 cm³/mol. The van der Waals surface area contributed by atoms with Crippen LogP contribution in [0.15, 0.2) is 36.5 Å². The molecule has 0 spiro atoms. The Bertz CT molecular complexity index is 648. The third kappa shape index (κ3) is 2.89. The highest BCUT2D eigenvalue weighted by Gasteiger charge is 2.14. The lowest BCUT2D eigenvalue weighted by molar-refractivity contribution is 0.0695. The van der Waals surface area contributed by atoms with Gasteiger partial charge in [0.2, 0.25) is 0 Å². The molecule has 20 heavy (non-hydrogen) atoms. The molecule has 2 rings (SSSR count). The Hall–Kier alpha value is -2.54. The van der Waals surface area contributed by atoms with Crippen LogP contribution in [0.25, 0.3) is 0 Å². The van der Waals surface area contributed by atoms with Crippen LogP contribution in [0.3, 0.4) is 0 Å². The van der Waals surface area contributed by atoms with Gasteiger partial charge in [-0.15, -0.1) is 0 Å². The maximum absolute atomic E-state index is 11.2. The SMILES string of the molecule is CCCc1c(C(=O)O)ccn1Cc1ccc(C#N)cc1. The Labute approximate surface area is 117 Å². The number of hydrogen-bond acceptors (Lipinski definition) is 2. The summed E-state index contributed by atoms with van der Waals surface area (Å²) in [6.45, 7) is 2.65. The van der Waals surface area contributed by atoms with Gasteiger partial charge >= 0.3 is 5.97 Å². The zero-order valence-corrected chi connectivity index (χ0v) is 11.3. The quantitative estimate of drug-likeness (QED) is 0.906. The first-order valence-corrected chi connectivity index (χ1v) is 6.56. The minimum Gasteiger partial charge on any atom is -0.478 e. The molecule has 0 saturated carbocycles. The number of rotatable bonds is 5. The molecule has 1 aromatic heterocycles. The average Bonchev–Trinajstić information content (AvgIpc) is 2.83. The fourth-order valence-corrected chi connectivity index (χ4v) is 2.24. The molecule has 1 heterocycles. The summed E-state index contributed by atoms with van der Waals surface area (Å²) >= 11 is 0. The molecular weight excluding hydrogens is 252 g/mol. The molecule has 0 saturated heterocycles. The summed E-state index contributed by atoms with van der Waals surface area (Å²) in [6.07, 6.45) is 3.45. The molecule has 0 aliphatic carbocycles. The summed E-state index contributed by atoms with van der Waals surface area (Å²) in [7, 11) is 0. The van der Waals surface area contributed by atoms with Crippen LogP contribution in [0.1, 0.15) is 40.5 Å². The fourth-order valence-electron chi connectivity index (χ4n) is 2.24. The van der Waals surface area contributed by atoms with Crippen LogP contribution in [-0.2, 0) is 13.0 Å². The highest BCUT2D eigenvalue weighted by molar-refractivity contribution is 5.89. The minimum atomic E-state index is -0.882. The number of aromatic carboxylic acids is 1. The van der Waals surface area contributed by atoms with E-state index >= 15 is 0 Å². The lowest BCUT2D eigenvalue weighted by Gasteiger charge is -2.10. The summed E-state index contributed by atoms with van der Waals surface area (Å²) in [6, 6.07) is 11.1. The topological polar surface area (TPSA) is 66.0 Å². The normalized spacial score (nSPS) is 10.2. The second-order valence-electron chi connectivity index (χ2n) is 4.67. The number of nitrogens with zero attached hydrogens (tertiary/aromatic N) is 2. The van der Waals surface area contributed by atoms with E-state index in [-0.39, 0.29) is 0 Å². The van der Waals surface area contributed by atoms with E-state index in [4.69, 9.17) is 5.26 Å². The second-order valence-corrected chi connectivity index (χ2v) is 4.67. The Balaban J connectivity index is 2.28. The highest BCUT2D eigenvalue weighted by atomic mass is 16.4. The van der Waals surface area contributed by atoms with Gasteiger partial charge in [0.05, 0.1) is 17.2 Å². The molecule has 1 N–H and O–H groups in total. The van der Waals surface area contributed by atoms with Gasteiger partial charge in [-0.3, -0.25) is 0 Å². The molecule has 0 aliphatic rings. The van der Waals surface area contributed by atoms with E-state index in [9.17, 15) is 9.90 Å². The van der Waals surface area contributed by atoms with E-state index in [1.54, 1.807) is 18.2 Å². The summed E-state index contributed by atoms with van der Waals surface area (Å²) in [5.41, 5.74) is 2.90. The molecule has 0 aliphatic heterocycles. The maximum atomic E-state index is 11.2. The number of benzene rings is 1. The maximum Gasteiger partial charge on any atom is 0.337 e. The molecule has 4 nitrogen and oxygen atoms in total. The zero-order chi connectivity index (χ0) is 14.5. The lowest BCUT2D eigenvalue weighted by atomic mass is 10.1. The van der Waals surface area contributed by atoms with Gasteiger partial charge in [-0.1, -0.05) is 25.5 Å². The summed E-state index contributed by atoms with van der Waals surface area (Å²) < 4.78 is 1.97. The van der Waals surface area contributed by atoms with E-state index in [0.29, 0.717) is 17.7 Å². The lowest BCUT2D eigenvalue weighted by Crippen LogP contribution is -2.07. The molecule has 0 radical (unpaired) electrons. The zero-order valence-electron chi connectivity index (χ0n) is 11.3. The van der Waals surface area contributed by atoms with Crippen molar-refractivity contribution in [1.82, 2.24) is 4.57 Å². The van der Waals surface area contributed by atoms with Gasteiger partial charge in [0.25, 0.3) is 0 Å². The first kappa shape index (κ1) is 13.9. The minimum absolute atomic E-state index is 0.375. The van der Waals surface area contributed by atoms with E-state index in [0.717, 1.165) is 24.1 Å². The second kappa shape index (κ2) is 6.07. The smallest absolute Gasteiger partial charge is 0.337 e. The van der Waals surface area contributed by atoms with Crippen molar-refractivity contribution in [3.63, 3.8) is 0 Å². The van der Waals surface area contributed by atoms with Crippen molar-refractivity contribution in [1.29, 1.82) is 5.26 Å². The number of carboxylic acids is 1. The van der Waals surface area contributed by atoms with Gasteiger partial charge in [0, 0.05) is 18.4 Å². The van der Waals surface area contributed by atoms with Crippen molar-refractivity contribution < 1.29 is 9.90 Å². The first-order valence-electron chi connectivity index (χ1n) is 6.56. The van der Waals surface area contributed by atoms with Gasteiger partial charge in [0.15, 0.2) is 0 Å². The number of carbonyl (C=O) groups is 1. The fraction of sp³-hybridized carbons (Fsp3) is 0.250. The van der Waals surface area contributed by atoms with Crippen LogP contribution in [0, 0.1) is 11.3 Å². The van der Waals surface area contributed by atoms with Crippen LogP contribution in [0.4, 0.5) is 0 Å². The number of carboxylic acid groups (broad SMARTS) is 1. The Morgan fingerprint density at radius 3 is 2.55 bits per heavy atom. The summed E-state index contributed by atoms with van der Waals surface area (Å²) in [5, 5.41) is 18.0. The van der Waals surface area contributed by atoms with E-state index in [2.05, 4.69) is 6.07 Å². The Morgan fingerprint density at radius 2 is 2.00 bits per heavy atom. The largest absolute Gasteiger partial charge is 0.478 e. The number of nitriles is 1. The molecular formula is C16H16N2O2. The van der Waals surface area contributed by atoms with Crippen LogP contribution in [0.5, 0.6) is 0 Å². The van der Waals surface area contributed by atoms with Crippen molar-refractivity contribution in [3.05, 3.63) is 58.9 Å². The van der Waals surface area contributed by atoms with E-state index in [1.807, 2.05) is 29.8 Å². The summed E-state index contributed by atoms with van der Waals surface area (Å²) in [4.78, 5) is 11.2. The van der Waals surface area contributed by atoms with Gasteiger partial charge in [0.1, 0.15) is 0 Å². The number of aromatic nitrogens is 1. The summed E-state index contributed by atoms with van der Waals surface area (Å²) in [5.74, 6) is -0.882. The molecule has 0 unspecified atom stereocenters. The van der Waals surface area contributed by atoms with Crippen molar-refractivity contribution >= 4 is 5.97 Å². The van der Waals surface area contributed by atoms with Gasteiger partial charge in [-0.05, 0) is 30.2 Å². The van der Waals surface area contributed by atoms with Crippen LogP contribution < -0.4 is 0 Å². The van der Waals surface area contributed by atoms with Crippen molar-refractivity contribution in [3.8, 4) is 6.07 Å². The molecule has 0 fully saturated rings. The van der Waals surface area contributed by atoms with Crippen LogP contribution in [0.2, 0.25) is 0 Å². The van der Waals surface area contributed by atoms with E-state index in [1.165, 1.54) is 0 Å². The van der Waals surface area contributed by atoms with Crippen LogP contribution >= 0.6 is 0 Å². The molecule has 2 aromatic rings. The molecule has 0 atom stereocenters. The van der Waals surface area contributed by atoms with Gasteiger partial charge < -0.3 is 9.67 Å². The third-order valence-electron chi connectivity index (χ3n) is 3.23. The first-order chi connectivity index (χ1) is 9.65. The Kier molecular flexibility index (Phi) is 4.21. The van der Waals surface area contributed by atoms with Gasteiger partial charge in [-0.2, -0.15) is 5.26 Å². The predicted octanol–water partition coefficient (Wildman–Crippen LogP) is 3.06. The van der Waals surface area contributed by atoms with E-state index < -0.39 is 5.97 Å². The van der Waals surface area contributed by atoms with Crippen molar-refractivity contribution in [2.24, 2.45) is 0 Å². The highest BCUT2D eigenvalue weighted by Crippen LogP contribution is 2.16. The van der Waals surface area contributed by atoms with Crippen molar-refractivity contribution in [2.75, 3.05) is 0 Å². The molecule has 0 bridgehead atoms. The molecule has 4 heteroatoms. The number of hydrogen-bond donors (Lipinski definition) is 1. The van der Waals surface area contributed by atoms with Crippen molar-refractivity contribution in [2.45, 2.75) is 26.3 Å². The third-order valence-corrected chi connectivity index (χ3v) is 3.23. The molecule has 102 valence electrons. The standard InChI is InChI=1S/C16H16N2O2/c1-2-3-15-14(16(19)20)8-9-18(15)11-13-6-4-12(10-17)5-7-13/h4-9H,2-3,11H2,1H3,(H,19,20). The monoisotopic (exact) mass is 268 g/mol. The average molecular weight is 268 g/mol. The van der Waals surface area contributed by atoms with Crippen LogP contribution in [-0.4, -0.2) is 15.6 Å². The molecule has 0 amide bonds. The Morgan fingerprint density at radius 1 is 1.30 bits per heavy atom.